The lowest BCUT2D eigenvalue weighted by molar-refractivity contribution is -0.118. The summed E-state index contributed by atoms with van der Waals surface area (Å²) in [5, 5.41) is 15.1. The summed E-state index contributed by atoms with van der Waals surface area (Å²) >= 11 is 6.89. The first-order valence-corrected chi connectivity index (χ1v) is 12.9. The van der Waals surface area contributed by atoms with Crippen LogP contribution in [0.15, 0.2) is 69.1 Å². The number of benzene rings is 3. The van der Waals surface area contributed by atoms with Gasteiger partial charge >= 0.3 is 0 Å². The Morgan fingerprint density at radius 3 is 2.24 bits per heavy atom. The zero-order valence-corrected chi connectivity index (χ0v) is 23.7. The lowest BCUT2D eigenvalue weighted by atomic mass is 10.1. The first-order valence-electron chi connectivity index (χ1n) is 11.3. The monoisotopic (exact) mass is 625 g/mol. The minimum atomic E-state index is -0.540. The molecule has 3 aromatic carbocycles. The molecule has 0 atom stereocenters. The van der Waals surface area contributed by atoms with Crippen molar-refractivity contribution in [2.24, 2.45) is 0 Å². The van der Waals surface area contributed by atoms with Crippen molar-refractivity contribution in [2.75, 3.05) is 23.8 Å². The van der Waals surface area contributed by atoms with Crippen LogP contribution in [-0.2, 0) is 9.59 Å². The molecule has 0 aromatic heterocycles. The van der Waals surface area contributed by atoms with Crippen molar-refractivity contribution in [3.05, 3.63) is 85.8 Å². The van der Waals surface area contributed by atoms with Crippen molar-refractivity contribution >= 4 is 61.1 Å². The number of aryl methyl sites for hydroxylation is 2. The summed E-state index contributed by atoms with van der Waals surface area (Å²) in [7, 11) is 0. The van der Waals surface area contributed by atoms with E-state index in [2.05, 4.69) is 42.5 Å². The third-order valence-electron chi connectivity index (χ3n) is 5.12. The molecule has 3 aromatic rings. The van der Waals surface area contributed by atoms with Crippen molar-refractivity contribution in [2.45, 2.75) is 20.8 Å². The fraction of sp³-hybridized carbons (Fsp3) is 0.179. The molecule has 2 N–H and O–H groups in total. The second-order valence-electron chi connectivity index (χ2n) is 8.05. The van der Waals surface area contributed by atoms with E-state index in [9.17, 15) is 14.9 Å². The predicted octanol–water partition coefficient (Wildman–Crippen LogP) is 6.79. The van der Waals surface area contributed by atoms with Crippen molar-refractivity contribution in [1.29, 1.82) is 5.26 Å². The minimum Gasteiger partial charge on any atom is -0.494 e. The van der Waals surface area contributed by atoms with Crippen LogP contribution in [0.25, 0.3) is 6.08 Å². The van der Waals surface area contributed by atoms with Crippen LogP contribution >= 0.6 is 31.9 Å². The summed E-state index contributed by atoms with van der Waals surface area (Å²) in [5.74, 6) is 0.274. The van der Waals surface area contributed by atoms with Gasteiger partial charge in [-0.1, -0.05) is 17.7 Å². The molecule has 0 saturated heterocycles. The molecular formula is C28H25Br2N3O4. The zero-order valence-electron chi connectivity index (χ0n) is 20.5. The summed E-state index contributed by atoms with van der Waals surface area (Å²) in [5.41, 5.74) is 3.86. The molecule has 3 rings (SSSR count). The fourth-order valence-electron chi connectivity index (χ4n) is 3.39. The smallest absolute Gasteiger partial charge is 0.266 e. The Labute approximate surface area is 232 Å². The van der Waals surface area contributed by atoms with Gasteiger partial charge in [-0.05, 0) is 112 Å². The normalized spacial score (nSPS) is 10.9. The maximum absolute atomic E-state index is 12.6. The number of hydrogen-bond donors (Lipinski definition) is 2. The van der Waals surface area contributed by atoms with Crippen molar-refractivity contribution < 1.29 is 19.1 Å². The molecule has 0 radical (unpaired) electrons. The number of ether oxygens (including phenoxy) is 2. The number of nitrogens with one attached hydrogen (secondary N) is 2. The summed E-state index contributed by atoms with van der Waals surface area (Å²) in [4.78, 5) is 25.0. The topological polar surface area (TPSA) is 100 Å². The van der Waals surface area contributed by atoms with E-state index in [0.717, 1.165) is 16.8 Å². The van der Waals surface area contributed by atoms with Crippen LogP contribution in [0.1, 0.15) is 23.6 Å². The standard InChI is InChI=1S/C28H25Br2N3O4/c1-4-36-22-8-6-21(7-9-22)32-28(35)20(15-31)12-19-13-23(29)27(24(30)14-19)37-16-26(34)33-25-10-5-17(2)11-18(25)3/h5-14H,4,16H2,1-3H3,(H,32,35)(H,33,34)/b20-12+. The molecule has 0 saturated carbocycles. The number of carbonyl (C=O) groups is 2. The number of nitriles is 1. The highest BCUT2D eigenvalue weighted by atomic mass is 79.9. The van der Waals surface area contributed by atoms with Gasteiger partial charge in [0, 0.05) is 11.4 Å². The Balaban J connectivity index is 1.67. The van der Waals surface area contributed by atoms with E-state index in [-0.39, 0.29) is 18.1 Å². The van der Waals surface area contributed by atoms with Crippen LogP contribution in [0.5, 0.6) is 11.5 Å². The minimum absolute atomic E-state index is 0.0748. The highest BCUT2D eigenvalue weighted by Crippen LogP contribution is 2.35. The van der Waals surface area contributed by atoms with Crippen LogP contribution in [0, 0.1) is 25.2 Å². The zero-order chi connectivity index (χ0) is 26.9. The lowest BCUT2D eigenvalue weighted by Crippen LogP contribution is -2.21. The summed E-state index contributed by atoms with van der Waals surface area (Å²) in [6.45, 7) is 6.15. The molecule has 37 heavy (non-hydrogen) atoms. The van der Waals surface area contributed by atoms with Gasteiger partial charge in [-0.3, -0.25) is 9.59 Å². The SMILES string of the molecule is CCOc1ccc(NC(=O)/C(C#N)=C/c2cc(Br)c(OCC(=O)Nc3ccc(C)cc3C)c(Br)c2)cc1. The maximum Gasteiger partial charge on any atom is 0.266 e. The first kappa shape index (κ1) is 28.0. The van der Waals surface area contributed by atoms with Crippen LogP contribution in [0.3, 0.4) is 0 Å². The van der Waals surface area contributed by atoms with Crippen molar-refractivity contribution in [3.63, 3.8) is 0 Å². The molecule has 190 valence electrons. The van der Waals surface area contributed by atoms with E-state index in [0.29, 0.717) is 38.3 Å². The number of carbonyl (C=O) groups excluding carboxylic acids is 2. The van der Waals surface area contributed by atoms with Crippen LogP contribution < -0.4 is 20.1 Å². The first-order chi connectivity index (χ1) is 17.7. The van der Waals surface area contributed by atoms with Gasteiger partial charge in [0.1, 0.15) is 23.1 Å². The molecule has 0 aliphatic rings. The number of halogens is 2. The lowest BCUT2D eigenvalue weighted by Gasteiger charge is -2.13. The van der Waals surface area contributed by atoms with Gasteiger partial charge in [-0.2, -0.15) is 5.26 Å². The molecule has 9 heteroatoms. The summed E-state index contributed by atoms with van der Waals surface area (Å²) in [6, 6.07) is 18.0. The van der Waals surface area contributed by atoms with Gasteiger partial charge in [0.25, 0.3) is 11.8 Å². The van der Waals surface area contributed by atoms with Crippen LogP contribution in [0.2, 0.25) is 0 Å². The van der Waals surface area contributed by atoms with E-state index in [1.165, 1.54) is 6.08 Å². The molecule has 0 aliphatic carbocycles. The van der Waals surface area contributed by atoms with E-state index >= 15 is 0 Å². The van der Waals surface area contributed by atoms with Gasteiger partial charge < -0.3 is 20.1 Å². The molecule has 0 bridgehead atoms. The van der Waals surface area contributed by atoms with E-state index in [1.807, 2.05) is 45.0 Å². The van der Waals surface area contributed by atoms with Gasteiger partial charge in [0.15, 0.2) is 6.61 Å². The molecule has 0 spiro atoms. The van der Waals surface area contributed by atoms with E-state index in [4.69, 9.17) is 9.47 Å². The van der Waals surface area contributed by atoms with E-state index in [1.54, 1.807) is 36.4 Å². The number of nitrogens with zero attached hydrogens (tertiary/aromatic N) is 1. The highest BCUT2D eigenvalue weighted by Gasteiger charge is 2.14. The quantitative estimate of drug-likeness (QED) is 0.201. The number of hydrogen-bond acceptors (Lipinski definition) is 5. The molecule has 2 amide bonds. The van der Waals surface area contributed by atoms with Crippen LogP contribution in [0.4, 0.5) is 11.4 Å². The number of amides is 2. The molecule has 0 heterocycles. The second-order valence-corrected chi connectivity index (χ2v) is 9.76. The molecule has 0 aliphatic heterocycles. The molecular weight excluding hydrogens is 602 g/mol. The Bertz CT molecular complexity index is 1360. The average molecular weight is 627 g/mol. The Morgan fingerprint density at radius 2 is 1.65 bits per heavy atom. The number of anilines is 2. The molecule has 7 nitrogen and oxygen atoms in total. The molecule has 0 fully saturated rings. The average Bonchev–Trinajstić information content (AvgIpc) is 2.85. The predicted molar refractivity (Wildman–Crippen MR) is 152 cm³/mol. The maximum atomic E-state index is 12.6. The second kappa shape index (κ2) is 13.1. The summed E-state index contributed by atoms with van der Waals surface area (Å²) in [6.07, 6.45) is 1.47. The molecule has 0 unspecified atom stereocenters. The Hall–Kier alpha value is -3.61. The summed E-state index contributed by atoms with van der Waals surface area (Å²) < 4.78 is 12.2. The Morgan fingerprint density at radius 1 is 0.973 bits per heavy atom. The Kier molecular flexibility index (Phi) is 9.89. The highest BCUT2D eigenvalue weighted by molar-refractivity contribution is 9.11. The van der Waals surface area contributed by atoms with Gasteiger partial charge in [0.05, 0.1) is 15.6 Å². The fourth-order valence-corrected chi connectivity index (χ4v) is 4.84. The van der Waals surface area contributed by atoms with Crippen molar-refractivity contribution in [1.82, 2.24) is 0 Å². The third-order valence-corrected chi connectivity index (χ3v) is 6.30. The van der Waals surface area contributed by atoms with Gasteiger partial charge in [-0.15, -0.1) is 0 Å². The van der Waals surface area contributed by atoms with Gasteiger partial charge in [-0.25, -0.2) is 0 Å². The van der Waals surface area contributed by atoms with Gasteiger partial charge in [0.2, 0.25) is 0 Å². The largest absolute Gasteiger partial charge is 0.494 e. The van der Waals surface area contributed by atoms with Crippen molar-refractivity contribution in [3.8, 4) is 17.6 Å². The number of rotatable bonds is 9. The van der Waals surface area contributed by atoms with E-state index < -0.39 is 5.91 Å². The van der Waals surface area contributed by atoms with Crippen LogP contribution in [-0.4, -0.2) is 25.0 Å². The third kappa shape index (κ3) is 7.94.